The van der Waals surface area contributed by atoms with E-state index in [-0.39, 0.29) is 17.8 Å². The zero-order valence-electron chi connectivity index (χ0n) is 12.5. The van der Waals surface area contributed by atoms with Gasteiger partial charge in [0, 0.05) is 11.5 Å². The molecule has 0 unspecified atom stereocenters. The van der Waals surface area contributed by atoms with Crippen LogP contribution in [-0.4, -0.2) is 24.5 Å². The molecule has 0 atom stereocenters. The average Bonchev–Trinajstić information content (AvgIpc) is 2.42. The maximum absolute atomic E-state index is 11.6. The van der Waals surface area contributed by atoms with Gasteiger partial charge in [0.15, 0.2) is 12.9 Å². The first-order valence-electron chi connectivity index (χ1n) is 6.66. The van der Waals surface area contributed by atoms with Gasteiger partial charge in [-0.25, -0.2) is 9.59 Å². The number of carbonyl (C=O) groups is 2. The van der Waals surface area contributed by atoms with Gasteiger partial charge in [-0.3, -0.25) is 4.79 Å². The van der Waals surface area contributed by atoms with E-state index in [1.165, 1.54) is 12.1 Å². The molecule has 1 heterocycles. The van der Waals surface area contributed by atoms with Crippen LogP contribution in [0.15, 0.2) is 33.5 Å². The lowest BCUT2D eigenvalue weighted by Gasteiger charge is -2.19. The highest BCUT2D eigenvalue weighted by Crippen LogP contribution is 2.20. The predicted octanol–water partition coefficient (Wildman–Crippen LogP) is 2.33. The van der Waals surface area contributed by atoms with Crippen molar-refractivity contribution in [2.45, 2.75) is 26.4 Å². The Morgan fingerprint density at radius 2 is 2.00 bits per heavy atom. The number of hydrogen-bond acceptors (Lipinski definition) is 6. The number of benzene rings is 1. The van der Waals surface area contributed by atoms with Crippen molar-refractivity contribution in [3.05, 3.63) is 40.2 Å². The second-order valence-corrected chi connectivity index (χ2v) is 5.68. The van der Waals surface area contributed by atoms with Gasteiger partial charge in [-0.1, -0.05) is 0 Å². The first-order chi connectivity index (χ1) is 10.3. The third-order valence-electron chi connectivity index (χ3n) is 2.64. The molecule has 22 heavy (non-hydrogen) atoms. The van der Waals surface area contributed by atoms with Crippen LogP contribution in [0.25, 0.3) is 11.0 Å². The average molecular weight is 304 g/mol. The molecule has 0 fully saturated rings. The van der Waals surface area contributed by atoms with E-state index in [0.29, 0.717) is 17.4 Å². The van der Waals surface area contributed by atoms with Gasteiger partial charge < -0.3 is 13.9 Å². The summed E-state index contributed by atoms with van der Waals surface area (Å²) in [5.41, 5.74) is -1.07. The van der Waals surface area contributed by atoms with Crippen LogP contribution in [-0.2, 0) is 9.53 Å². The Hall–Kier alpha value is -2.63. The summed E-state index contributed by atoms with van der Waals surface area (Å²) in [6, 6.07) is 6.17. The normalized spacial score (nSPS) is 11.2. The maximum Gasteiger partial charge on any atom is 0.346 e. The SMILES string of the molecule is CC(C)(C)OC(=O)COc1ccc2cc(C=O)c(=O)oc2c1. The third kappa shape index (κ3) is 3.94. The van der Waals surface area contributed by atoms with Crippen molar-refractivity contribution < 1.29 is 23.5 Å². The molecule has 0 N–H and O–H groups in total. The summed E-state index contributed by atoms with van der Waals surface area (Å²) in [5, 5.41) is 0.589. The molecular formula is C16H16O6. The Labute approximate surface area is 126 Å². The summed E-state index contributed by atoms with van der Waals surface area (Å²) in [6.07, 6.45) is 0.443. The molecule has 116 valence electrons. The fraction of sp³-hybridized carbons (Fsp3) is 0.312. The fourth-order valence-corrected chi connectivity index (χ4v) is 1.79. The van der Waals surface area contributed by atoms with Gasteiger partial charge in [-0.2, -0.15) is 0 Å². The van der Waals surface area contributed by atoms with Crippen LogP contribution in [0.1, 0.15) is 31.1 Å². The first-order valence-corrected chi connectivity index (χ1v) is 6.66. The van der Waals surface area contributed by atoms with E-state index in [9.17, 15) is 14.4 Å². The molecule has 0 amide bonds. The van der Waals surface area contributed by atoms with Crippen LogP contribution in [0.3, 0.4) is 0 Å². The molecule has 6 heteroatoms. The van der Waals surface area contributed by atoms with Crippen LogP contribution < -0.4 is 10.4 Å². The molecule has 0 aliphatic heterocycles. The van der Waals surface area contributed by atoms with Gasteiger partial charge in [-0.15, -0.1) is 0 Å². The van der Waals surface area contributed by atoms with Crippen molar-refractivity contribution in [2.75, 3.05) is 6.61 Å². The minimum atomic E-state index is -0.716. The van der Waals surface area contributed by atoms with Gasteiger partial charge >= 0.3 is 11.6 Å². The standard InChI is InChI=1S/C16H16O6/c1-16(2,3)22-14(18)9-20-12-5-4-10-6-11(8-17)15(19)21-13(10)7-12/h4-8H,9H2,1-3H3. The Morgan fingerprint density at radius 3 is 2.64 bits per heavy atom. The minimum Gasteiger partial charge on any atom is -0.482 e. The molecule has 1 aromatic heterocycles. The maximum atomic E-state index is 11.6. The predicted molar refractivity (Wildman–Crippen MR) is 79.2 cm³/mol. The Kier molecular flexibility index (Phi) is 4.30. The van der Waals surface area contributed by atoms with E-state index in [0.717, 1.165) is 0 Å². The summed E-state index contributed by atoms with van der Waals surface area (Å²) >= 11 is 0. The molecule has 6 nitrogen and oxygen atoms in total. The van der Waals surface area contributed by atoms with Gasteiger partial charge in [-0.05, 0) is 39.0 Å². The van der Waals surface area contributed by atoms with Gasteiger partial charge in [0.05, 0.1) is 0 Å². The van der Waals surface area contributed by atoms with E-state index < -0.39 is 17.2 Å². The number of rotatable bonds is 4. The zero-order valence-corrected chi connectivity index (χ0v) is 12.5. The molecule has 0 aliphatic rings. The summed E-state index contributed by atoms with van der Waals surface area (Å²) in [7, 11) is 0. The van der Waals surface area contributed by atoms with Crippen molar-refractivity contribution in [1.82, 2.24) is 0 Å². The molecule has 0 saturated heterocycles. The van der Waals surface area contributed by atoms with Crippen molar-refractivity contribution in [3.63, 3.8) is 0 Å². The number of carbonyl (C=O) groups excluding carboxylic acids is 2. The molecule has 0 saturated carbocycles. The molecule has 0 spiro atoms. The Balaban J connectivity index is 2.15. The topological polar surface area (TPSA) is 82.8 Å². The minimum absolute atomic E-state index is 0.0464. The molecule has 2 rings (SSSR count). The summed E-state index contributed by atoms with van der Waals surface area (Å²) < 4.78 is 15.5. The van der Waals surface area contributed by atoms with E-state index in [1.807, 2.05) is 0 Å². The molecule has 0 radical (unpaired) electrons. The Bertz CT molecular complexity index is 766. The van der Waals surface area contributed by atoms with Crippen LogP contribution in [0.5, 0.6) is 5.75 Å². The molecule has 1 aromatic carbocycles. The smallest absolute Gasteiger partial charge is 0.346 e. The highest BCUT2D eigenvalue weighted by atomic mass is 16.6. The molecule has 2 aromatic rings. The second kappa shape index (κ2) is 6.01. The highest BCUT2D eigenvalue weighted by Gasteiger charge is 2.16. The van der Waals surface area contributed by atoms with Gasteiger partial charge in [0.2, 0.25) is 0 Å². The van der Waals surface area contributed by atoms with Crippen molar-refractivity contribution >= 4 is 23.2 Å². The van der Waals surface area contributed by atoms with Crippen molar-refractivity contribution in [2.24, 2.45) is 0 Å². The largest absolute Gasteiger partial charge is 0.482 e. The summed E-state index contributed by atoms with van der Waals surface area (Å²) in [6.45, 7) is 5.04. The lowest BCUT2D eigenvalue weighted by molar-refractivity contribution is -0.157. The van der Waals surface area contributed by atoms with Crippen LogP contribution in [0, 0.1) is 0 Å². The number of fused-ring (bicyclic) bond motifs is 1. The number of ether oxygens (including phenoxy) is 2. The van der Waals surface area contributed by atoms with E-state index in [1.54, 1.807) is 32.9 Å². The summed E-state index contributed by atoms with van der Waals surface area (Å²) in [5.74, 6) is -0.134. The second-order valence-electron chi connectivity index (χ2n) is 5.68. The lowest BCUT2D eigenvalue weighted by Crippen LogP contribution is -2.27. The number of hydrogen-bond donors (Lipinski definition) is 0. The first kappa shape index (κ1) is 15.8. The molecular weight excluding hydrogens is 288 g/mol. The zero-order chi connectivity index (χ0) is 16.3. The molecule has 0 aliphatic carbocycles. The fourth-order valence-electron chi connectivity index (χ4n) is 1.79. The van der Waals surface area contributed by atoms with Crippen molar-refractivity contribution in [3.8, 4) is 5.75 Å². The lowest BCUT2D eigenvalue weighted by atomic mass is 10.2. The Morgan fingerprint density at radius 1 is 1.27 bits per heavy atom. The highest BCUT2D eigenvalue weighted by molar-refractivity contribution is 5.85. The quantitative estimate of drug-likeness (QED) is 0.490. The number of esters is 1. The van der Waals surface area contributed by atoms with E-state index >= 15 is 0 Å². The third-order valence-corrected chi connectivity index (χ3v) is 2.64. The monoisotopic (exact) mass is 304 g/mol. The molecule has 0 bridgehead atoms. The van der Waals surface area contributed by atoms with Gasteiger partial charge in [0.1, 0.15) is 22.5 Å². The summed E-state index contributed by atoms with van der Waals surface area (Å²) in [4.78, 5) is 33.8. The van der Waals surface area contributed by atoms with Crippen LogP contribution in [0.4, 0.5) is 0 Å². The van der Waals surface area contributed by atoms with Crippen molar-refractivity contribution in [1.29, 1.82) is 0 Å². The van der Waals surface area contributed by atoms with Crippen LogP contribution in [0.2, 0.25) is 0 Å². The number of aldehydes is 1. The van der Waals surface area contributed by atoms with Gasteiger partial charge in [0.25, 0.3) is 0 Å². The van der Waals surface area contributed by atoms with E-state index in [2.05, 4.69) is 0 Å². The van der Waals surface area contributed by atoms with E-state index in [4.69, 9.17) is 13.9 Å². The van der Waals surface area contributed by atoms with Crippen LogP contribution >= 0.6 is 0 Å².